The Morgan fingerprint density at radius 3 is 2.85 bits per heavy atom. The highest BCUT2D eigenvalue weighted by Gasteiger charge is 2.01. The second-order valence-corrected chi connectivity index (χ2v) is 5.47. The summed E-state index contributed by atoms with van der Waals surface area (Å²) in [6, 6.07) is 7.55. The Morgan fingerprint density at radius 2 is 2.10 bits per heavy atom. The van der Waals surface area contributed by atoms with Crippen LogP contribution in [0, 0.1) is 0 Å². The molecule has 0 aromatic heterocycles. The van der Waals surface area contributed by atoms with Crippen molar-refractivity contribution in [1.29, 1.82) is 0 Å². The number of amides is 1. The molecule has 1 amide bonds. The van der Waals surface area contributed by atoms with Gasteiger partial charge in [-0.05, 0) is 37.6 Å². The summed E-state index contributed by atoms with van der Waals surface area (Å²) in [6.07, 6.45) is 3.20. The maximum absolute atomic E-state index is 11.7. The zero-order valence-corrected chi connectivity index (χ0v) is 13.5. The maximum Gasteiger partial charge on any atom is 0.238 e. The molecule has 0 spiro atoms. The van der Waals surface area contributed by atoms with Gasteiger partial charge in [0.05, 0.1) is 6.54 Å². The minimum atomic E-state index is -0.0324. The zero-order chi connectivity index (χ0) is 14.6. The van der Waals surface area contributed by atoms with Crippen LogP contribution >= 0.6 is 15.9 Å². The first-order valence-corrected chi connectivity index (χ1v) is 7.85. The van der Waals surface area contributed by atoms with Crippen LogP contribution in [-0.2, 0) is 9.53 Å². The van der Waals surface area contributed by atoms with Crippen LogP contribution in [0.5, 0.6) is 0 Å². The van der Waals surface area contributed by atoms with Crippen molar-refractivity contribution in [3.05, 3.63) is 28.7 Å². The van der Waals surface area contributed by atoms with Crippen molar-refractivity contribution in [2.45, 2.75) is 26.2 Å². The minimum Gasteiger partial charge on any atom is -0.381 e. The highest BCUT2D eigenvalue weighted by atomic mass is 79.9. The molecule has 0 unspecified atom stereocenters. The monoisotopic (exact) mass is 342 g/mol. The van der Waals surface area contributed by atoms with E-state index < -0.39 is 0 Å². The standard InChI is InChI=1S/C15H23BrN2O2/c1-2-3-9-20-10-5-8-17-12-15(19)18-14-7-4-6-13(16)11-14/h4,6-7,11,17H,2-3,5,8-10,12H2,1H3,(H,18,19). The van der Waals surface area contributed by atoms with E-state index in [2.05, 4.69) is 33.5 Å². The van der Waals surface area contributed by atoms with Crippen LogP contribution in [0.25, 0.3) is 0 Å². The van der Waals surface area contributed by atoms with Gasteiger partial charge < -0.3 is 15.4 Å². The molecule has 0 aliphatic rings. The van der Waals surface area contributed by atoms with Crippen molar-refractivity contribution < 1.29 is 9.53 Å². The number of rotatable bonds is 10. The summed E-state index contributed by atoms with van der Waals surface area (Å²) in [7, 11) is 0. The van der Waals surface area contributed by atoms with Crippen molar-refractivity contribution >= 4 is 27.5 Å². The SMILES string of the molecule is CCCCOCCCNCC(=O)Nc1cccc(Br)c1. The van der Waals surface area contributed by atoms with Gasteiger partial charge in [-0.15, -0.1) is 0 Å². The van der Waals surface area contributed by atoms with Crippen LogP contribution in [0.4, 0.5) is 5.69 Å². The number of ether oxygens (including phenoxy) is 1. The Kier molecular flexibility index (Phi) is 9.28. The molecule has 0 radical (unpaired) electrons. The second-order valence-electron chi connectivity index (χ2n) is 4.55. The smallest absolute Gasteiger partial charge is 0.238 e. The number of nitrogens with one attached hydrogen (secondary N) is 2. The van der Waals surface area contributed by atoms with Gasteiger partial charge in [0.15, 0.2) is 0 Å². The molecule has 1 aromatic rings. The van der Waals surface area contributed by atoms with Gasteiger partial charge in [0, 0.05) is 23.4 Å². The first kappa shape index (κ1) is 17.1. The lowest BCUT2D eigenvalue weighted by Gasteiger charge is -2.07. The first-order valence-electron chi connectivity index (χ1n) is 7.06. The van der Waals surface area contributed by atoms with Gasteiger partial charge in [0.2, 0.25) is 5.91 Å². The van der Waals surface area contributed by atoms with Gasteiger partial charge in [-0.3, -0.25) is 4.79 Å². The lowest BCUT2D eigenvalue weighted by molar-refractivity contribution is -0.115. The average Bonchev–Trinajstić information content (AvgIpc) is 2.42. The molecular weight excluding hydrogens is 320 g/mol. The Bertz CT molecular complexity index is 399. The summed E-state index contributed by atoms with van der Waals surface area (Å²) >= 11 is 3.37. The van der Waals surface area contributed by atoms with Crippen molar-refractivity contribution in [2.24, 2.45) is 0 Å². The van der Waals surface area contributed by atoms with Crippen LogP contribution in [0.3, 0.4) is 0 Å². The lowest BCUT2D eigenvalue weighted by Crippen LogP contribution is -2.29. The third kappa shape index (κ3) is 8.30. The Morgan fingerprint density at radius 1 is 1.30 bits per heavy atom. The van der Waals surface area contributed by atoms with Gasteiger partial charge in [0.1, 0.15) is 0 Å². The number of unbranched alkanes of at least 4 members (excludes halogenated alkanes) is 1. The summed E-state index contributed by atoms with van der Waals surface area (Å²) in [5.74, 6) is -0.0324. The largest absolute Gasteiger partial charge is 0.381 e. The quantitative estimate of drug-likeness (QED) is 0.642. The molecule has 5 heteroatoms. The van der Waals surface area contributed by atoms with E-state index in [-0.39, 0.29) is 5.91 Å². The van der Waals surface area contributed by atoms with Gasteiger partial charge in [-0.1, -0.05) is 35.3 Å². The zero-order valence-electron chi connectivity index (χ0n) is 12.0. The van der Waals surface area contributed by atoms with Crippen LogP contribution in [0.15, 0.2) is 28.7 Å². The third-order valence-corrected chi connectivity index (χ3v) is 3.17. The van der Waals surface area contributed by atoms with E-state index in [4.69, 9.17) is 4.74 Å². The fraction of sp³-hybridized carbons (Fsp3) is 0.533. The third-order valence-electron chi connectivity index (χ3n) is 2.68. The number of anilines is 1. The molecule has 0 aliphatic carbocycles. The normalized spacial score (nSPS) is 10.5. The number of benzene rings is 1. The van der Waals surface area contributed by atoms with E-state index in [0.29, 0.717) is 6.54 Å². The predicted molar refractivity (Wildman–Crippen MR) is 86.0 cm³/mol. The molecule has 0 saturated carbocycles. The summed E-state index contributed by atoms with van der Waals surface area (Å²) in [6.45, 7) is 4.84. The molecule has 2 N–H and O–H groups in total. The summed E-state index contributed by atoms with van der Waals surface area (Å²) in [5.41, 5.74) is 0.800. The summed E-state index contributed by atoms with van der Waals surface area (Å²) in [4.78, 5) is 11.7. The minimum absolute atomic E-state index is 0.0324. The molecule has 0 atom stereocenters. The van der Waals surface area contributed by atoms with Crippen LogP contribution in [-0.4, -0.2) is 32.2 Å². The molecule has 0 bridgehead atoms. The van der Waals surface area contributed by atoms with E-state index in [1.807, 2.05) is 24.3 Å². The molecule has 1 rings (SSSR count). The molecule has 1 aromatic carbocycles. The molecule has 0 fully saturated rings. The van der Waals surface area contributed by atoms with Gasteiger partial charge >= 0.3 is 0 Å². The number of hydrogen-bond acceptors (Lipinski definition) is 3. The molecule has 4 nitrogen and oxygen atoms in total. The van der Waals surface area contributed by atoms with Crippen molar-refractivity contribution in [3.63, 3.8) is 0 Å². The van der Waals surface area contributed by atoms with Crippen molar-refractivity contribution in [1.82, 2.24) is 5.32 Å². The number of carbonyl (C=O) groups excluding carboxylic acids is 1. The molecular formula is C15H23BrN2O2. The highest BCUT2D eigenvalue weighted by Crippen LogP contribution is 2.15. The number of hydrogen-bond donors (Lipinski definition) is 2. The summed E-state index contributed by atoms with van der Waals surface area (Å²) < 4.78 is 6.40. The van der Waals surface area contributed by atoms with E-state index >= 15 is 0 Å². The molecule has 112 valence electrons. The second kappa shape index (κ2) is 10.8. The van der Waals surface area contributed by atoms with Crippen LogP contribution < -0.4 is 10.6 Å². The van der Waals surface area contributed by atoms with Crippen molar-refractivity contribution in [3.8, 4) is 0 Å². The topological polar surface area (TPSA) is 50.4 Å². The molecule has 0 aliphatic heterocycles. The lowest BCUT2D eigenvalue weighted by atomic mass is 10.3. The van der Waals surface area contributed by atoms with E-state index in [1.54, 1.807) is 0 Å². The molecule has 20 heavy (non-hydrogen) atoms. The van der Waals surface area contributed by atoms with Gasteiger partial charge in [-0.25, -0.2) is 0 Å². The number of carbonyl (C=O) groups is 1. The average molecular weight is 343 g/mol. The van der Waals surface area contributed by atoms with E-state index in [9.17, 15) is 4.79 Å². The fourth-order valence-corrected chi connectivity index (χ4v) is 2.02. The molecule has 0 heterocycles. The Balaban J connectivity index is 2.03. The molecule has 0 saturated heterocycles. The van der Waals surface area contributed by atoms with Gasteiger partial charge in [0.25, 0.3) is 0 Å². The predicted octanol–water partition coefficient (Wildman–Crippen LogP) is 3.18. The van der Waals surface area contributed by atoms with E-state index in [0.717, 1.165) is 49.2 Å². The fourth-order valence-electron chi connectivity index (χ4n) is 1.62. The Labute approximate surface area is 129 Å². The maximum atomic E-state index is 11.7. The van der Waals surface area contributed by atoms with Crippen molar-refractivity contribution in [2.75, 3.05) is 31.6 Å². The number of halogens is 1. The van der Waals surface area contributed by atoms with E-state index in [1.165, 1.54) is 0 Å². The summed E-state index contributed by atoms with van der Waals surface area (Å²) in [5, 5.41) is 5.95. The highest BCUT2D eigenvalue weighted by molar-refractivity contribution is 9.10. The van der Waals surface area contributed by atoms with Crippen LogP contribution in [0.1, 0.15) is 26.2 Å². The Hall–Kier alpha value is -0.910. The first-order chi connectivity index (χ1) is 9.72. The van der Waals surface area contributed by atoms with Gasteiger partial charge in [-0.2, -0.15) is 0 Å². The van der Waals surface area contributed by atoms with Crippen LogP contribution in [0.2, 0.25) is 0 Å².